The van der Waals surface area contributed by atoms with Crippen LogP contribution in [0.5, 0.6) is 0 Å². The minimum absolute atomic E-state index is 0.109. The number of carbonyl (C=O) groups is 2. The normalized spacial score (nSPS) is 13.9. The van der Waals surface area contributed by atoms with Crippen molar-refractivity contribution in [3.63, 3.8) is 0 Å². The number of nitrogens with zero attached hydrogens (tertiary/aromatic N) is 2. The first-order valence-electron chi connectivity index (χ1n) is 8.61. The topological polar surface area (TPSA) is 62.3 Å². The summed E-state index contributed by atoms with van der Waals surface area (Å²) in [6, 6.07) is 8.06. The second-order valence-corrected chi connectivity index (χ2v) is 7.54. The van der Waals surface area contributed by atoms with Crippen LogP contribution in [-0.4, -0.2) is 34.8 Å². The SMILES string of the molecule is Cc1cccc(CNC(=O)c2sc(CC(=O)N3CCCC3)nc2C)c1. The largest absolute Gasteiger partial charge is 0.347 e. The van der Waals surface area contributed by atoms with E-state index in [2.05, 4.69) is 16.4 Å². The molecule has 0 aliphatic carbocycles. The molecule has 5 nitrogen and oxygen atoms in total. The molecule has 1 N–H and O–H groups in total. The highest BCUT2D eigenvalue weighted by Crippen LogP contribution is 2.20. The molecule has 1 aliphatic heterocycles. The summed E-state index contributed by atoms with van der Waals surface area (Å²) in [6.45, 7) is 6.02. The van der Waals surface area contributed by atoms with Crippen molar-refractivity contribution in [1.29, 1.82) is 0 Å². The molecule has 0 atom stereocenters. The summed E-state index contributed by atoms with van der Waals surface area (Å²) in [5.74, 6) is -0.0191. The monoisotopic (exact) mass is 357 g/mol. The fourth-order valence-corrected chi connectivity index (χ4v) is 4.00. The maximum atomic E-state index is 12.4. The summed E-state index contributed by atoms with van der Waals surface area (Å²) in [5.41, 5.74) is 2.93. The quantitative estimate of drug-likeness (QED) is 0.895. The van der Waals surface area contributed by atoms with Gasteiger partial charge in [-0.25, -0.2) is 4.98 Å². The lowest BCUT2D eigenvalue weighted by Gasteiger charge is -2.13. The lowest BCUT2D eigenvalue weighted by Crippen LogP contribution is -2.29. The van der Waals surface area contributed by atoms with Crippen LogP contribution in [0.4, 0.5) is 0 Å². The Morgan fingerprint density at radius 1 is 1.24 bits per heavy atom. The molecule has 2 amide bonds. The van der Waals surface area contributed by atoms with Crippen LogP contribution in [0.2, 0.25) is 0 Å². The number of nitrogens with one attached hydrogen (secondary N) is 1. The van der Waals surface area contributed by atoms with Gasteiger partial charge in [0, 0.05) is 19.6 Å². The van der Waals surface area contributed by atoms with E-state index in [0.717, 1.165) is 36.5 Å². The van der Waals surface area contributed by atoms with E-state index in [4.69, 9.17) is 0 Å². The van der Waals surface area contributed by atoms with Gasteiger partial charge in [0.2, 0.25) is 5.91 Å². The van der Waals surface area contributed by atoms with Crippen molar-refractivity contribution < 1.29 is 9.59 Å². The number of likely N-dealkylation sites (tertiary alicyclic amines) is 1. The Hall–Kier alpha value is -2.21. The van der Waals surface area contributed by atoms with E-state index in [9.17, 15) is 9.59 Å². The molecular weight excluding hydrogens is 334 g/mol. The van der Waals surface area contributed by atoms with Gasteiger partial charge >= 0.3 is 0 Å². The molecule has 1 aromatic carbocycles. The fourth-order valence-electron chi connectivity index (χ4n) is 3.03. The highest BCUT2D eigenvalue weighted by molar-refractivity contribution is 7.13. The minimum atomic E-state index is -0.128. The molecule has 1 aliphatic rings. The van der Waals surface area contributed by atoms with Crippen LogP contribution in [0.15, 0.2) is 24.3 Å². The van der Waals surface area contributed by atoms with Gasteiger partial charge in [0.05, 0.1) is 12.1 Å². The average molecular weight is 357 g/mol. The molecule has 1 fully saturated rings. The Balaban J connectivity index is 1.61. The Morgan fingerprint density at radius 3 is 2.72 bits per heavy atom. The molecule has 1 aromatic heterocycles. The number of benzene rings is 1. The number of hydrogen-bond donors (Lipinski definition) is 1. The highest BCUT2D eigenvalue weighted by Gasteiger charge is 2.21. The summed E-state index contributed by atoms with van der Waals surface area (Å²) >= 11 is 1.32. The van der Waals surface area contributed by atoms with E-state index in [1.807, 2.05) is 36.9 Å². The second kappa shape index (κ2) is 7.78. The van der Waals surface area contributed by atoms with E-state index in [1.165, 1.54) is 16.9 Å². The van der Waals surface area contributed by atoms with Gasteiger partial charge in [-0.2, -0.15) is 0 Å². The van der Waals surface area contributed by atoms with E-state index in [0.29, 0.717) is 17.1 Å². The number of amides is 2. The number of hydrogen-bond acceptors (Lipinski definition) is 4. The first-order chi connectivity index (χ1) is 12.0. The molecule has 0 bridgehead atoms. The van der Waals surface area contributed by atoms with E-state index in [1.54, 1.807) is 0 Å². The first-order valence-corrected chi connectivity index (χ1v) is 9.42. The van der Waals surface area contributed by atoms with Crippen LogP contribution >= 0.6 is 11.3 Å². The molecular formula is C19H23N3O2S. The smallest absolute Gasteiger partial charge is 0.263 e. The molecule has 132 valence electrons. The zero-order valence-corrected chi connectivity index (χ0v) is 15.5. The van der Waals surface area contributed by atoms with Crippen molar-refractivity contribution in [3.8, 4) is 0 Å². The number of thiazole rings is 1. The summed E-state index contributed by atoms with van der Waals surface area (Å²) in [7, 11) is 0. The average Bonchev–Trinajstić information content (AvgIpc) is 3.22. The van der Waals surface area contributed by atoms with Crippen LogP contribution in [0.3, 0.4) is 0 Å². The predicted molar refractivity (Wildman–Crippen MR) is 98.7 cm³/mol. The number of carbonyl (C=O) groups excluding carboxylic acids is 2. The van der Waals surface area contributed by atoms with Gasteiger partial charge in [0.15, 0.2) is 0 Å². The molecule has 25 heavy (non-hydrogen) atoms. The van der Waals surface area contributed by atoms with Crippen molar-refractivity contribution in [1.82, 2.24) is 15.2 Å². The Morgan fingerprint density at radius 2 is 2.00 bits per heavy atom. The number of rotatable bonds is 5. The minimum Gasteiger partial charge on any atom is -0.347 e. The van der Waals surface area contributed by atoms with Crippen LogP contribution in [0.25, 0.3) is 0 Å². The zero-order valence-electron chi connectivity index (χ0n) is 14.7. The maximum absolute atomic E-state index is 12.4. The molecule has 3 rings (SSSR count). The summed E-state index contributed by atoms with van der Waals surface area (Å²) in [4.78, 5) is 31.6. The first kappa shape index (κ1) is 17.6. The molecule has 0 radical (unpaired) electrons. The number of aromatic nitrogens is 1. The van der Waals surface area contributed by atoms with Crippen molar-refractivity contribution in [2.45, 2.75) is 39.7 Å². The van der Waals surface area contributed by atoms with Crippen LogP contribution in [0, 0.1) is 13.8 Å². The van der Waals surface area contributed by atoms with Crippen LogP contribution < -0.4 is 5.32 Å². The van der Waals surface area contributed by atoms with Gasteiger partial charge in [-0.1, -0.05) is 29.8 Å². The highest BCUT2D eigenvalue weighted by atomic mass is 32.1. The lowest BCUT2D eigenvalue weighted by atomic mass is 10.1. The third-order valence-electron chi connectivity index (χ3n) is 4.34. The van der Waals surface area contributed by atoms with E-state index < -0.39 is 0 Å². The molecule has 0 unspecified atom stereocenters. The molecule has 1 saturated heterocycles. The van der Waals surface area contributed by atoms with Crippen molar-refractivity contribution in [2.75, 3.05) is 13.1 Å². The second-order valence-electron chi connectivity index (χ2n) is 6.46. The maximum Gasteiger partial charge on any atom is 0.263 e. The Bertz CT molecular complexity index is 779. The van der Waals surface area contributed by atoms with Gasteiger partial charge in [0.25, 0.3) is 5.91 Å². The summed E-state index contributed by atoms with van der Waals surface area (Å²) in [6.07, 6.45) is 2.45. The van der Waals surface area contributed by atoms with Gasteiger partial charge in [0.1, 0.15) is 9.88 Å². The van der Waals surface area contributed by atoms with Crippen molar-refractivity contribution in [2.24, 2.45) is 0 Å². The predicted octanol–water partition coefficient (Wildman–Crippen LogP) is 2.85. The van der Waals surface area contributed by atoms with Crippen LogP contribution in [0.1, 0.15) is 44.3 Å². The van der Waals surface area contributed by atoms with Crippen molar-refractivity contribution in [3.05, 3.63) is 51.0 Å². The lowest BCUT2D eigenvalue weighted by molar-refractivity contribution is -0.129. The summed E-state index contributed by atoms with van der Waals surface area (Å²) < 4.78 is 0. The molecule has 2 aromatic rings. The Labute approximate surface area is 152 Å². The van der Waals surface area contributed by atoms with Gasteiger partial charge in [-0.15, -0.1) is 11.3 Å². The number of aryl methyl sites for hydroxylation is 2. The fraction of sp³-hybridized carbons (Fsp3) is 0.421. The molecule has 0 spiro atoms. The van der Waals surface area contributed by atoms with Gasteiger partial charge in [-0.3, -0.25) is 9.59 Å². The van der Waals surface area contributed by atoms with Crippen molar-refractivity contribution >= 4 is 23.2 Å². The molecule has 2 heterocycles. The zero-order chi connectivity index (χ0) is 17.8. The van der Waals surface area contributed by atoms with E-state index in [-0.39, 0.29) is 18.2 Å². The van der Waals surface area contributed by atoms with Gasteiger partial charge < -0.3 is 10.2 Å². The molecule has 6 heteroatoms. The van der Waals surface area contributed by atoms with Crippen LogP contribution in [-0.2, 0) is 17.8 Å². The third-order valence-corrected chi connectivity index (χ3v) is 5.50. The third kappa shape index (κ3) is 4.45. The Kier molecular flexibility index (Phi) is 5.48. The standard InChI is InChI=1S/C19H23N3O2S/c1-13-6-5-7-15(10-13)12-20-19(24)18-14(2)21-16(25-18)11-17(23)22-8-3-4-9-22/h5-7,10H,3-4,8-9,11-12H2,1-2H3,(H,20,24). The van der Waals surface area contributed by atoms with Gasteiger partial charge in [-0.05, 0) is 32.3 Å². The van der Waals surface area contributed by atoms with E-state index >= 15 is 0 Å². The molecule has 0 saturated carbocycles. The summed E-state index contributed by atoms with van der Waals surface area (Å²) in [5, 5.41) is 3.66.